The summed E-state index contributed by atoms with van der Waals surface area (Å²) >= 11 is 0. The SMILES string of the molecule is O=C=NS(=O)(=O)c1ccc(CCNC(=O)COc2ccccc2)cc1. The Kier molecular flexibility index (Phi) is 6.45. The van der Waals surface area contributed by atoms with Crippen LogP contribution in [0, 0.1) is 0 Å². The molecule has 2 aromatic rings. The second kappa shape index (κ2) is 8.77. The number of nitrogens with zero attached hydrogens (tertiary/aromatic N) is 1. The van der Waals surface area contributed by atoms with E-state index in [4.69, 9.17) is 4.74 Å². The van der Waals surface area contributed by atoms with Gasteiger partial charge in [-0.3, -0.25) is 4.79 Å². The molecule has 2 aromatic carbocycles. The summed E-state index contributed by atoms with van der Waals surface area (Å²) in [5.74, 6) is 0.371. The number of rotatable bonds is 8. The summed E-state index contributed by atoms with van der Waals surface area (Å²) in [6.07, 6.45) is 1.54. The summed E-state index contributed by atoms with van der Waals surface area (Å²) in [4.78, 5) is 21.7. The van der Waals surface area contributed by atoms with E-state index < -0.39 is 10.0 Å². The Balaban J connectivity index is 1.78. The Labute approximate surface area is 145 Å². The van der Waals surface area contributed by atoms with E-state index in [1.165, 1.54) is 12.1 Å². The fourth-order valence-corrected chi connectivity index (χ4v) is 2.68. The third-order valence-electron chi connectivity index (χ3n) is 3.23. The fraction of sp³-hybridized carbons (Fsp3) is 0.176. The van der Waals surface area contributed by atoms with Crippen LogP contribution in [-0.4, -0.2) is 33.6 Å². The number of nitrogens with one attached hydrogen (secondary N) is 1. The Hall–Kier alpha value is -2.96. The van der Waals surface area contributed by atoms with Gasteiger partial charge in [-0.25, -0.2) is 4.79 Å². The van der Waals surface area contributed by atoms with E-state index in [1.54, 1.807) is 24.3 Å². The first-order valence-electron chi connectivity index (χ1n) is 7.39. The van der Waals surface area contributed by atoms with Gasteiger partial charge >= 0.3 is 0 Å². The molecule has 0 saturated carbocycles. The normalized spacial score (nSPS) is 10.6. The van der Waals surface area contributed by atoms with Gasteiger partial charge < -0.3 is 10.1 Å². The van der Waals surface area contributed by atoms with Crippen LogP contribution in [0.2, 0.25) is 0 Å². The van der Waals surface area contributed by atoms with Gasteiger partial charge in [0, 0.05) is 6.54 Å². The van der Waals surface area contributed by atoms with E-state index in [0.717, 1.165) is 11.6 Å². The van der Waals surface area contributed by atoms with Crippen LogP contribution in [0.25, 0.3) is 0 Å². The van der Waals surface area contributed by atoms with Crippen LogP contribution in [0.3, 0.4) is 0 Å². The molecule has 0 aliphatic heterocycles. The van der Waals surface area contributed by atoms with Gasteiger partial charge in [0.05, 0.1) is 4.90 Å². The van der Waals surface area contributed by atoms with Gasteiger partial charge in [0.1, 0.15) is 5.75 Å². The highest BCUT2D eigenvalue weighted by molar-refractivity contribution is 7.90. The largest absolute Gasteiger partial charge is 0.484 e. The third kappa shape index (κ3) is 5.87. The van der Waals surface area contributed by atoms with Crippen molar-refractivity contribution in [2.24, 2.45) is 4.40 Å². The summed E-state index contributed by atoms with van der Waals surface area (Å²) in [6.45, 7) is 0.306. The zero-order chi connectivity index (χ0) is 18.1. The molecule has 0 heterocycles. The molecule has 0 aliphatic carbocycles. The summed E-state index contributed by atoms with van der Waals surface area (Å²) in [5, 5.41) is 2.71. The van der Waals surface area contributed by atoms with E-state index in [1.807, 2.05) is 18.2 Å². The summed E-state index contributed by atoms with van der Waals surface area (Å²) < 4.78 is 31.2. The van der Waals surface area contributed by atoms with Crippen molar-refractivity contribution < 1.29 is 22.7 Å². The van der Waals surface area contributed by atoms with E-state index in [9.17, 15) is 18.0 Å². The van der Waals surface area contributed by atoms with Crippen LogP contribution < -0.4 is 10.1 Å². The van der Waals surface area contributed by atoms with Crippen molar-refractivity contribution >= 4 is 22.0 Å². The highest BCUT2D eigenvalue weighted by Gasteiger charge is 2.11. The Bertz CT molecular complexity index is 858. The molecule has 0 bridgehead atoms. The van der Waals surface area contributed by atoms with Crippen molar-refractivity contribution in [1.82, 2.24) is 5.32 Å². The molecule has 2 rings (SSSR count). The van der Waals surface area contributed by atoms with E-state index in [2.05, 4.69) is 9.71 Å². The Morgan fingerprint density at radius 3 is 2.40 bits per heavy atom. The maximum absolute atomic E-state index is 11.7. The van der Waals surface area contributed by atoms with Crippen LogP contribution in [-0.2, 0) is 26.0 Å². The molecule has 25 heavy (non-hydrogen) atoms. The van der Waals surface area contributed by atoms with Crippen molar-refractivity contribution in [3.63, 3.8) is 0 Å². The smallest absolute Gasteiger partial charge is 0.292 e. The van der Waals surface area contributed by atoms with E-state index in [-0.39, 0.29) is 17.4 Å². The minimum absolute atomic E-state index is 0.0785. The number of sulfonamides is 1. The van der Waals surface area contributed by atoms with Crippen molar-refractivity contribution in [1.29, 1.82) is 0 Å². The minimum atomic E-state index is -3.98. The number of para-hydroxylation sites is 1. The first-order chi connectivity index (χ1) is 12.0. The predicted octanol–water partition coefficient (Wildman–Crippen LogP) is 1.45. The lowest BCUT2D eigenvalue weighted by molar-refractivity contribution is -0.123. The summed E-state index contributed by atoms with van der Waals surface area (Å²) in [6, 6.07) is 14.9. The predicted molar refractivity (Wildman–Crippen MR) is 90.4 cm³/mol. The van der Waals surface area contributed by atoms with E-state index >= 15 is 0 Å². The number of ether oxygens (including phenoxy) is 1. The number of carbonyl (C=O) groups excluding carboxylic acids is 2. The van der Waals surface area contributed by atoms with Crippen LogP contribution in [0.1, 0.15) is 5.56 Å². The third-order valence-corrected chi connectivity index (χ3v) is 4.41. The molecule has 0 spiro atoms. The average Bonchev–Trinajstić information content (AvgIpc) is 2.61. The first kappa shape index (κ1) is 18.4. The molecule has 8 heteroatoms. The molecule has 1 amide bonds. The maximum atomic E-state index is 11.7. The van der Waals surface area contributed by atoms with Gasteiger partial charge in [-0.15, -0.1) is 0 Å². The zero-order valence-corrected chi connectivity index (χ0v) is 14.0. The standard InChI is InChI=1S/C17H16N2O5S/c20-13-19-25(22,23)16-8-6-14(7-9-16)10-11-18-17(21)12-24-15-4-2-1-3-5-15/h1-9H,10-12H2,(H,18,21). The first-order valence-corrected chi connectivity index (χ1v) is 8.83. The highest BCUT2D eigenvalue weighted by atomic mass is 32.2. The molecule has 0 aliphatic rings. The molecule has 7 nitrogen and oxygen atoms in total. The fourth-order valence-electron chi connectivity index (χ4n) is 1.99. The van der Waals surface area contributed by atoms with Gasteiger partial charge in [0.25, 0.3) is 22.0 Å². The molecule has 0 fully saturated rings. The van der Waals surface area contributed by atoms with Gasteiger partial charge in [0.2, 0.25) is 0 Å². The number of carbonyl (C=O) groups is 1. The highest BCUT2D eigenvalue weighted by Crippen LogP contribution is 2.13. The summed E-state index contributed by atoms with van der Waals surface area (Å²) in [5.41, 5.74) is 0.832. The molecular formula is C17H16N2O5S. The lowest BCUT2D eigenvalue weighted by Gasteiger charge is -2.07. The molecule has 0 aromatic heterocycles. The number of amides is 1. The van der Waals surface area contributed by atoms with Gasteiger partial charge in [-0.05, 0) is 36.2 Å². The van der Waals surface area contributed by atoms with Crippen LogP contribution in [0.15, 0.2) is 63.9 Å². The lowest BCUT2D eigenvalue weighted by atomic mass is 10.1. The number of isocyanates is 1. The van der Waals surface area contributed by atoms with Crippen LogP contribution >= 0.6 is 0 Å². The van der Waals surface area contributed by atoms with Gasteiger partial charge in [-0.2, -0.15) is 8.42 Å². The molecule has 1 N–H and O–H groups in total. The van der Waals surface area contributed by atoms with Crippen molar-refractivity contribution in [3.05, 3.63) is 60.2 Å². The topological polar surface area (TPSA) is 102 Å². The number of hydrogen-bond acceptors (Lipinski definition) is 5. The van der Waals surface area contributed by atoms with Crippen LogP contribution in [0.5, 0.6) is 5.75 Å². The van der Waals surface area contributed by atoms with Crippen molar-refractivity contribution in [2.75, 3.05) is 13.2 Å². The second-order valence-corrected chi connectivity index (χ2v) is 6.61. The Morgan fingerprint density at radius 2 is 1.76 bits per heavy atom. The minimum Gasteiger partial charge on any atom is -0.484 e. The van der Waals surface area contributed by atoms with E-state index in [0.29, 0.717) is 18.7 Å². The van der Waals surface area contributed by atoms with Crippen LogP contribution in [0.4, 0.5) is 0 Å². The quantitative estimate of drug-likeness (QED) is 0.567. The lowest BCUT2D eigenvalue weighted by Crippen LogP contribution is -2.30. The average molecular weight is 360 g/mol. The monoisotopic (exact) mass is 360 g/mol. The molecular weight excluding hydrogens is 344 g/mol. The van der Waals surface area contributed by atoms with Gasteiger partial charge in [0.15, 0.2) is 6.61 Å². The molecule has 0 saturated heterocycles. The molecule has 0 unspecified atom stereocenters. The second-order valence-electron chi connectivity index (χ2n) is 5.00. The number of benzene rings is 2. The van der Waals surface area contributed by atoms with Gasteiger partial charge in [-0.1, -0.05) is 34.7 Å². The maximum Gasteiger partial charge on any atom is 0.292 e. The number of hydrogen-bond donors (Lipinski definition) is 1. The zero-order valence-electron chi connectivity index (χ0n) is 13.2. The molecule has 0 radical (unpaired) electrons. The summed E-state index contributed by atoms with van der Waals surface area (Å²) in [7, 11) is -3.98. The van der Waals surface area contributed by atoms with Crippen molar-refractivity contribution in [3.8, 4) is 5.75 Å². The molecule has 0 atom stereocenters. The Morgan fingerprint density at radius 1 is 1.08 bits per heavy atom. The molecule has 130 valence electrons. The van der Waals surface area contributed by atoms with Crippen molar-refractivity contribution in [2.45, 2.75) is 11.3 Å².